The highest BCUT2D eigenvalue weighted by atomic mass is 32.3. The average Bonchev–Trinajstić information content (AvgIpc) is 2.91. The zero-order chi connectivity index (χ0) is 21.2. The number of hydrogen-bond acceptors (Lipinski definition) is 7. The Morgan fingerprint density at radius 3 is 2.45 bits per heavy atom. The number of nitrogens with zero attached hydrogens (tertiary/aromatic N) is 1. The molecule has 1 aliphatic rings. The minimum atomic E-state index is -4.47. The van der Waals surface area contributed by atoms with Crippen LogP contribution in [0.25, 0.3) is 0 Å². The Bertz CT molecular complexity index is 877. The van der Waals surface area contributed by atoms with E-state index in [0.717, 1.165) is 12.1 Å². The zero-order valence-electron chi connectivity index (χ0n) is 15.0. The van der Waals surface area contributed by atoms with Gasteiger partial charge in [-0.3, -0.25) is 9.11 Å². The molecule has 1 saturated heterocycles. The molecule has 3 rings (SSSR count). The fourth-order valence-electron chi connectivity index (χ4n) is 2.77. The van der Waals surface area contributed by atoms with E-state index < -0.39 is 34.9 Å². The Labute approximate surface area is 166 Å². The average molecular weight is 432 g/mol. The molecule has 158 valence electrons. The number of aliphatic hydroxyl groups excluding tert-OH is 1. The molecular formula is C18H19F3N2O5S. The number of β-amino-alcohol motifs (C(OH)–C–C–N with tert-alkyl or cyclic N) is 1. The normalized spacial score (nSPS) is 20.4. The van der Waals surface area contributed by atoms with Gasteiger partial charge in [0.05, 0.1) is 17.7 Å². The van der Waals surface area contributed by atoms with Crippen LogP contribution < -0.4 is 4.72 Å². The van der Waals surface area contributed by atoms with E-state index in [9.17, 15) is 32.2 Å². The molecule has 1 heterocycles. The first-order chi connectivity index (χ1) is 13.5. The Hall–Kier alpha value is -2.15. The van der Waals surface area contributed by atoms with Crippen LogP contribution in [0.4, 0.5) is 13.2 Å². The summed E-state index contributed by atoms with van der Waals surface area (Å²) >= 11 is 0. The molecule has 0 spiro atoms. The number of halogens is 3. The van der Waals surface area contributed by atoms with Gasteiger partial charge in [0.1, 0.15) is 12.8 Å². The van der Waals surface area contributed by atoms with Crippen molar-refractivity contribution in [3.63, 3.8) is 0 Å². The molecule has 0 bridgehead atoms. The van der Waals surface area contributed by atoms with Crippen molar-refractivity contribution in [1.29, 1.82) is 0 Å². The highest BCUT2D eigenvalue weighted by Crippen LogP contribution is 2.44. The number of carbonyl (C=O) groups excluding carboxylic acids is 1. The van der Waals surface area contributed by atoms with Crippen molar-refractivity contribution >= 4 is 16.9 Å². The zero-order valence-corrected chi connectivity index (χ0v) is 15.8. The van der Waals surface area contributed by atoms with Gasteiger partial charge in [-0.05, 0) is 35.4 Å². The Balaban J connectivity index is 1.58. The predicted molar refractivity (Wildman–Crippen MR) is 99.4 cm³/mol. The van der Waals surface area contributed by atoms with E-state index in [4.69, 9.17) is 4.74 Å². The first-order valence-electron chi connectivity index (χ1n) is 8.45. The Morgan fingerprint density at radius 1 is 1.17 bits per heavy atom. The number of esters is 1. The van der Waals surface area contributed by atoms with E-state index in [1.165, 1.54) is 28.6 Å². The van der Waals surface area contributed by atoms with Gasteiger partial charge in [0, 0.05) is 6.54 Å². The number of aliphatic hydroxyl groups is 1. The minimum absolute atomic E-state index is 0.0309. The standard InChI is InChI=1S/C18H19F3N2O5S/c19-18(20,21)15-3-1-2-13(8-15)11-28-17(25)14-6-4-12(5-7-14)9-23-10-16(24)22-29(23,26)27/h1-8,16,22,24,26-27H,9-11H2. The Kier molecular flexibility index (Phi) is 6.17. The summed E-state index contributed by atoms with van der Waals surface area (Å²) in [7, 11) is -3.25. The van der Waals surface area contributed by atoms with Crippen LogP contribution in [-0.4, -0.2) is 37.3 Å². The maximum atomic E-state index is 12.7. The van der Waals surface area contributed by atoms with Gasteiger partial charge in [0.15, 0.2) is 0 Å². The summed E-state index contributed by atoms with van der Waals surface area (Å²) in [4.78, 5) is 12.1. The van der Waals surface area contributed by atoms with Crippen LogP contribution in [0.1, 0.15) is 27.0 Å². The summed E-state index contributed by atoms with van der Waals surface area (Å²) in [5, 5.41) is 9.47. The molecule has 1 unspecified atom stereocenters. The molecule has 7 nitrogen and oxygen atoms in total. The van der Waals surface area contributed by atoms with Gasteiger partial charge in [0.25, 0.3) is 0 Å². The molecule has 1 fully saturated rings. The van der Waals surface area contributed by atoms with E-state index in [1.54, 1.807) is 12.1 Å². The van der Waals surface area contributed by atoms with Crippen molar-refractivity contribution in [3.05, 3.63) is 70.8 Å². The van der Waals surface area contributed by atoms with Crippen LogP contribution in [0.3, 0.4) is 0 Å². The quantitative estimate of drug-likeness (QED) is 0.538. The first-order valence-corrected chi connectivity index (χ1v) is 9.96. The van der Waals surface area contributed by atoms with Crippen LogP contribution in [-0.2, 0) is 24.1 Å². The van der Waals surface area contributed by atoms with Gasteiger partial charge < -0.3 is 9.84 Å². The lowest BCUT2D eigenvalue weighted by molar-refractivity contribution is -0.137. The highest BCUT2D eigenvalue weighted by molar-refractivity contribution is 8.20. The highest BCUT2D eigenvalue weighted by Gasteiger charge is 2.34. The molecule has 4 N–H and O–H groups in total. The molecule has 2 aromatic rings. The third-order valence-electron chi connectivity index (χ3n) is 4.20. The maximum Gasteiger partial charge on any atom is 0.416 e. The molecule has 2 aromatic carbocycles. The number of benzene rings is 2. The van der Waals surface area contributed by atoms with Crippen molar-refractivity contribution in [2.24, 2.45) is 0 Å². The number of carbonyl (C=O) groups is 1. The van der Waals surface area contributed by atoms with Crippen molar-refractivity contribution in [2.45, 2.75) is 25.6 Å². The van der Waals surface area contributed by atoms with Crippen molar-refractivity contribution < 1.29 is 36.9 Å². The van der Waals surface area contributed by atoms with Gasteiger partial charge in [-0.1, -0.05) is 35.2 Å². The summed E-state index contributed by atoms with van der Waals surface area (Å²) in [5.41, 5.74) is 0.264. The topological polar surface area (TPSA) is 102 Å². The van der Waals surface area contributed by atoms with E-state index in [2.05, 4.69) is 4.72 Å². The van der Waals surface area contributed by atoms with Crippen LogP contribution in [0.2, 0.25) is 0 Å². The second-order valence-corrected chi connectivity index (χ2v) is 8.24. The Morgan fingerprint density at radius 2 is 1.86 bits per heavy atom. The number of rotatable bonds is 5. The van der Waals surface area contributed by atoms with Crippen LogP contribution >= 0.6 is 11.0 Å². The smallest absolute Gasteiger partial charge is 0.416 e. The SMILES string of the molecule is O=C(OCc1cccc(C(F)(F)F)c1)c1ccc(CN2CC(O)NS2(O)O)cc1. The third-order valence-corrected chi connectivity index (χ3v) is 5.79. The molecule has 0 saturated carbocycles. The van der Waals surface area contributed by atoms with Crippen LogP contribution in [0.15, 0.2) is 48.5 Å². The number of ether oxygens (including phenoxy) is 1. The number of hydrogen-bond donors (Lipinski definition) is 4. The molecule has 0 amide bonds. The van der Waals surface area contributed by atoms with Gasteiger partial charge in [-0.25, -0.2) is 4.79 Å². The van der Waals surface area contributed by atoms with Crippen molar-refractivity contribution in [3.8, 4) is 0 Å². The summed E-state index contributed by atoms with van der Waals surface area (Å²) in [6, 6.07) is 10.6. The van der Waals surface area contributed by atoms with Crippen molar-refractivity contribution in [2.75, 3.05) is 6.54 Å². The lowest BCUT2D eigenvalue weighted by atomic mass is 10.1. The molecule has 11 heteroatoms. The van der Waals surface area contributed by atoms with Gasteiger partial charge in [-0.2, -0.15) is 22.2 Å². The lowest BCUT2D eigenvalue weighted by Gasteiger charge is -2.35. The summed E-state index contributed by atoms with van der Waals surface area (Å²) in [6.45, 7) is -0.141. The van der Waals surface area contributed by atoms with Gasteiger partial charge in [0.2, 0.25) is 0 Å². The molecular weight excluding hydrogens is 413 g/mol. The number of alkyl halides is 3. The fourth-order valence-corrected chi connectivity index (χ4v) is 4.03. The summed E-state index contributed by atoms with van der Waals surface area (Å²) in [6.07, 6.45) is -5.52. The monoisotopic (exact) mass is 432 g/mol. The van der Waals surface area contributed by atoms with E-state index >= 15 is 0 Å². The predicted octanol–water partition coefficient (Wildman–Crippen LogP) is 3.37. The second kappa shape index (κ2) is 8.30. The first kappa shape index (κ1) is 21.6. The van der Waals surface area contributed by atoms with Gasteiger partial charge in [-0.15, -0.1) is 0 Å². The van der Waals surface area contributed by atoms with Crippen molar-refractivity contribution in [1.82, 2.24) is 9.03 Å². The minimum Gasteiger partial charge on any atom is -0.457 e. The molecule has 0 radical (unpaired) electrons. The molecule has 1 atom stereocenters. The summed E-state index contributed by atoms with van der Waals surface area (Å²) in [5.74, 6) is -0.698. The molecule has 1 aliphatic heterocycles. The lowest BCUT2D eigenvalue weighted by Crippen LogP contribution is -2.25. The molecule has 0 aromatic heterocycles. The largest absolute Gasteiger partial charge is 0.457 e. The van der Waals surface area contributed by atoms with E-state index in [0.29, 0.717) is 5.56 Å². The third kappa shape index (κ3) is 5.47. The van der Waals surface area contributed by atoms with E-state index in [-0.39, 0.29) is 30.8 Å². The maximum absolute atomic E-state index is 12.7. The van der Waals surface area contributed by atoms with Crippen LogP contribution in [0.5, 0.6) is 0 Å². The number of nitrogens with one attached hydrogen (secondary N) is 1. The molecule has 0 aliphatic carbocycles. The van der Waals surface area contributed by atoms with Crippen LogP contribution in [0, 0.1) is 0 Å². The summed E-state index contributed by atoms with van der Waals surface area (Å²) < 4.78 is 66.4. The van der Waals surface area contributed by atoms with Gasteiger partial charge >= 0.3 is 12.1 Å². The fraction of sp³-hybridized carbons (Fsp3) is 0.278. The van der Waals surface area contributed by atoms with E-state index in [1.807, 2.05) is 0 Å². The molecule has 29 heavy (non-hydrogen) atoms. The second-order valence-electron chi connectivity index (χ2n) is 6.45.